The molecule has 0 radical (unpaired) electrons. The molecule has 3 aromatic rings. The molecule has 194 valence electrons. The van der Waals surface area contributed by atoms with E-state index in [2.05, 4.69) is 4.98 Å². The van der Waals surface area contributed by atoms with Crippen LogP contribution >= 0.6 is 22.9 Å². The van der Waals surface area contributed by atoms with Crippen molar-refractivity contribution in [2.24, 2.45) is 0 Å². The summed E-state index contributed by atoms with van der Waals surface area (Å²) in [7, 11) is 0. The molecule has 0 spiro atoms. The number of benzene rings is 2. The molecular formula is C21H13ClF8N2O3S. The van der Waals surface area contributed by atoms with E-state index in [1.807, 2.05) is 5.32 Å². The summed E-state index contributed by atoms with van der Waals surface area (Å²) in [6, 6.07) is 4.31. The van der Waals surface area contributed by atoms with Crippen LogP contribution in [0.15, 0.2) is 30.3 Å². The molecule has 1 amide bonds. The van der Waals surface area contributed by atoms with Crippen LogP contribution in [0.2, 0.25) is 5.02 Å². The minimum absolute atomic E-state index is 0.0693. The number of anilines is 1. The molecule has 0 aliphatic heterocycles. The summed E-state index contributed by atoms with van der Waals surface area (Å²) >= 11 is 5.75. The quantitative estimate of drug-likeness (QED) is 0.324. The number of hydrogen-bond donors (Lipinski definition) is 2. The molecule has 0 saturated carbocycles. The van der Waals surface area contributed by atoms with Crippen LogP contribution in [0.3, 0.4) is 0 Å². The second-order valence-electron chi connectivity index (χ2n) is 7.13. The van der Waals surface area contributed by atoms with E-state index in [0.29, 0.717) is 19.1 Å². The Labute approximate surface area is 206 Å². The monoisotopic (exact) mass is 560 g/mol. The average molecular weight is 561 g/mol. The van der Waals surface area contributed by atoms with Crippen LogP contribution < -0.4 is 10.1 Å². The van der Waals surface area contributed by atoms with Gasteiger partial charge >= 0.3 is 12.4 Å². The first-order valence-corrected chi connectivity index (χ1v) is 10.8. The molecule has 3 rings (SSSR count). The van der Waals surface area contributed by atoms with E-state index in [0.717, 1.165) is 6.07 Å². The summed E-state index contributed by atoms with van der Waals surface area (Å²) in [6.45, 7) is -0.571. The van der Waals surface area contributed by atoms with Crippen LogP contribution in [-0.4, -0.2) is 28.3 Å². The van der Waals surface area contributed by atoms with Gasteiger partial charge in [-0.3, -0.25) is 4.79 Å². The Morgan fingerprint density at radius 1 is 1.17 bits per heavy atom. The summed E-state index contributed by atoms with van der Waals surface area (Å²) in [6.07, 6.45) is -12.4. The van der Waals surface area contributed by atoms with Crippen molar-refractivity contribution in [3.05, 3.63) is 63.1 Å². The number of rotatable bonds is 6. The van der Waals surface area contributed by atoms with Crippen molar-refractivity contribution in [2.45, 2.75) is 32.0 Å². The fourth-order valence-electron chi connectivity index (χ4n) is 2.84. The van der Waals surface area contributed by atoms with Crippen LogP contribution in [0.1, 0.15) is 27.9 Å². The molecule has 0 bridgehead atoms. The lowest BCUT2D eigenvalue weighted by Gasteiger charge is -2.20. The maximum atomic E-state index is 15.0. The molecule has 2 N–H and O–H groups in total. The SMILES string of the molecule is C[C@H](Oc1cc(-c2nc(CO)c(C(F)(F)F)s2)c(F)cc1C(=O)Nc1c(F)cccc1Cl)C(F)(F)F. The van der Waals surface area contributed by atoms with Crippen LogP contribution in [0.4, 0.5) is 40.8 Å². The van der Waals surface area contributed by atoms with Crippen molar-refractivity contribution in [2.75, 3.05) is 5.32 Å². The van der Waals surface area contributed by atoms with E-state index < -0.39 is 80.7 Å². The number of ether oxygens (including phenoxy) is 1. The highest BCUT2D eigenvalue weighted by Crippen LogP contribution is 2.42. The first-order valence-electron chi connectivity index (χ1n) is 9.63. The maximum absolute atomic E-state index is 15.0. The van der Waals surface area contributed by atoms with Gasteiger partial charge in [0, 0.05) is 5.56 Å². The molecule has 36 heavy (non-hydrogen) atoms. The number of aromatic nitrogens is 1. The van der Waals surface area contributed by atoms with Gasteiger partial charge in [0.15, 0.2) is 6.10 Å². The molecule has 0 saturated heterocycles. The summed E-state index contributed by atoms with van der Waals surface area (Å²) in [5.74, 6) is -4.55. The highest BCUT2D eigenvalue weighted by Gasteiger charge is 2.40. The first-order chi connectivity index (χ1) is 16.6. The number of aliphatic hydroxyl groups is 1. The number of hydrogen-bond acceptors (Lipinski definition) is 5. The molecule has 1 atom stereocenters. The van der Waals surface area contributed by atoms with E-state index in [1.54, 1.807) is 0 Å². The molecule has 2 aromatic carbocycles. The molecule has 1 heterocycles. The Bertz CT molecular complexity index is 1270. The van der Waals surface area contributed by atoms with Gasteiger partial charge < -0.3 is 15.2 Å². The molecular weight excluding hydrogens is 548 g/mol. The lowest BCUT2D eigenvalue weighted by atomic mass is 10.1. The number of thiazole rings is 1. The van der Waals surface area contributed by atoms with Gasteiger partial charge in [-0.1, -0.05) is 17.7 Å². The Morgan fingerprint density at radius 2 is 1.83 bits per heavy atom. The minimum Gasteiger partial charge on any atom is -0.480 e. The second kappa shape index (κ2) is 10.2. The molecule has 1 aromatic heterocycles. The Hall–Kier alpha value is -2.97. The topological polar surface area (TPSA) is 71.5 Å². The predicted octanol–water partition coefficient (Wildman–Crippen LogP) is 6.83. The van der Waals surface area contributed by atoms with E-state index in [4.69, 9.17) is 16.3 Å². The van der Waals surface area contributed by atoms with Crippen molar-refractivity contribution in [3.8, 4) is 16.3 Å². The van der Waals surface area contributed by atoms with Crippen LogP contribution in [-0.2, 0) is 12.8 Å². The largest absolute Gasteiger partial charge is 0.480 e. The number of alkyl halides is 6. The lowest BCUT2D eigenvalue weighted by Crippen LogP contribution is -2.32. The number of nitrogens with zero attached hydrogens (tertiary/aromatic N) is 1. The number of halogens is 9. The predicted molar refractivity (Wildman–Crippen MR) is 114 cm³/mol. The third-order valence-corrected chi connectivity index (χ3v) is 6.11. The summed E-state index contributed by atoms with van der Waals surface area (Å²) in [5.41, 5.74) is -2.94. The van der Waals surface area contributed by atoms with Crippen molar-refractivity contribution in [1.29, 1.82) is 0 Å². The van der Waals surface area contributed by atoms with Gasteiger partial charge in [0.2, 0.25) is 0 Å². The van der Waals surface area contributed by atoms with Crippen molar-refractivity contribution in [3.63, 3.8) is 0 Å². The van der Waals surface area contributed by atoms with E-state index in [1.165, 1.54) is 12.1 Å². The number of carbonyl (C=O) groups excluding carboxylic acids is 1. The molecule has 15 heteroatoms. The third kappa shape index (κ3) is 5.87. The highest BCUT2D eigenvalue weighted by molar-refractivity contribution is 7.15. The summed E-state index contributed by atoms with van der Waals surface area (Å²) in [4.78, 5) is 14.9. The van der Waals surface area contributed by atoms with Gasteiger partial charge in [-0.15, -0.1) is 11.3 Å². The van der Waals surface area contributed by atoms with E-state index in [-0.39, 0.29) is 16.4 Å². The Kier molecular flexibility index (Phi) is 7.81. The number of carbonyl (C=O) groups is 1. The zero-order valence-corrected chi connectivity index (χ0v) is 19.3. The molecule has 0 unspecified atom stereocenters. The van der Waals surface area contributed by atoms with Gasteiger partial charge in [0.05, 0.1) is 28.6 Å². The lowest BCUT2D eigenvalue weighted by molar-refractivity contribution is -0.189. The molecule has 0 fully saturated rings. The summed E-state index contributed by atoms with van der Waals surface area (Å²) in [5, 5.41) is 10.3. The fourth-order valence-corrected chi connectivity index (χ4v) is 4.01. The minimum atomic E-state index is -4.95. The second-order valence-corrected chi connectivity index (χ2v) is 8.54. The molecule has 0 aliphatic carbocycles. The smallest absolute Gasteiger partial charge is 0.427 e. The van der Waals surface area contributed by atoms with Crippen LogP contribution in [0, 0.1) is 11.6 Å². The number of para-hydroxylation sites is 1. The van der Waals surface area contributed by atoms with Gasteiger partial charge in [0.25, 0.3) is 5.91 Å². The third-order valence-electron chi connectivity index (χ3n) is 4.61. The van der Waals surface area contributed by atoms with Crippen molar-refractivity contribution < 1.29 is 49.8 Å². The first kappa shape index (κ1) is 27.6. The highest BCUT2D eigenvalue weighted by atomic mass is 35.5. The van der Waals surface area contributed by atoms with Gasteiger partial charge in [-0.2, -0.15) is 26.3 Å². The zero-order valence-electron chi connectivity index (χ0n) is 17.7. The number of aliphatic hydroxyl groups excluding tert-OH is 1. The number of nitrogens with one attached hydrogen (secondary N) is 1. The normalized spacial score (nSPS) is 13.0. The zero-order chi connectivity index (χ0) is 27.0. The van der Waals surface area contributed by atoms with Crippen LogP contribution in [0.25, 0.3) is 10.6 Å². The maximum Gasteiger partial charge on any atom is 0.427 e. The standard InChI is InChI=1S/C21H13ClF8N2O3S/c1-8(20(25,26)27)35-15-6-9(19-31-14(7-33)17(36-19)21(28,29)30)13(24)5-10(15)18(34)32-16-11(22)3-2-4-12(16)23/h2-6,8,33H,7H2,1H3,(H,32,34)/t8-/m0/s1. The van der Waals surface area contributed by atoms with E-state index in [9.17, 15) is 45.0 Å². The van der Waals surface area contributed by atoms with E-state index >= 15 is 0 Å². The Morgan fingerprint density at radius 3 is 2.36 bits per heavy atom. The van der Waals surface area contributed by atoms with Crippen molar-refractivity contribution >= 4 is 34.5 Å². The number of amides is 1. The van der Waals surface area contributed by atoms with Crippen LogP contribution in [0.5, 0.6) is 5.75 Å². The van der Waals surface area contributed by atoms with Crippen molar-refractivity contribution in [1.82, 2.24) is 4.98 Å². The fraction of sp³-hybridized carbons (Fsp3) is 0.238. The van der Waals surface area contributed by atoms with Gasteiger partial charge in [-0.25, -0.2) is 13.8 Å². The van der Waals surface area contributed by atoms with Gasteiger partial charge in [-0.05, 0) is 31.2 Å². The average Bonchev–Trinajstić information content (AvgIpc) is 3.21. The Balaban J connectivity index is 2.14. The van der Waals surface area contributed by atoms with Gasteiger partial charge in [0.1, 0.15) is 27.3 Å². The molecule has 0 aliphatic rings. The summed E-state index contributed by atoms with van der Waals surface area (Å²) < 4.78 is 113. The molecule has 5 nitrogen and oxygen atoms in total.